The Hall–Kier alpha value is -0.980. The Morgan fingerprint density at radius 1 is 1.21 bits per heavy atom. The van der Waals surface area contributed by atoms with Gasteiger partial charge < -0.3 is 4.74 Å². The van der Waals surface area contributed by atoms with Crippen LogP contribution in [0.2, 0.25) is 0 Å². The Bertz CT molecular complexity index is 389. The molecule has 1 heteroatoms. The first-order chi connectivity index (χ1) is 6.77. The van der Waals surface area contributed by atoms with E-state index in [4.69, 9.17) is 4.74 Å². The minimum atomic E-state index is 0.853. The Kier molecular flexibility index (Phi) is 1.64. The van der Waals surface area contributed by atoms with Crippen molar-refractivity contribution < 1.29 is 4.74 Å². The fraction of sp³-hybridized carbons (Fsp3) is 0.538. The molecule has 1 aliphatic carbocycles. The highest BCUT2D eigenvalue weighted by Crippen LogP contribution is 2.47. The van der Waals surface area contributed by atoms with Gasteiger partial charge in [0.2, 0.25) is 0 Å². The van der Waals surface area contributed by atoms with Crippen molar-refractivity contribution in [3.8, 4) is 5.75 Å². The fourth-order valence-corrected chi connectivity index (χ4v) is 2.71. The van der Waals surface area contributed by atoms with E-state index in [9.17, 15) is 0 Å². The quantitative estimate of drug-likeness (QED) is 0.658. The Morgan fingerprint density at radius 2 is 2.00 bits per heavy atom. The molecule has 1 heterocycles. The number of hydrogen-bond acceptors (Lipinski definition) is 1. The molecule has 1 fully saturated rings. The predicted octanol–water partition coefficient (Wildman–Crippen LogP) is 3.12. The normalized spacial score (nSPS) is 19.3. The molecular weight excluding hydrogens is 172 g/mol. The molecule has 1 saturated carbocycles. The maximum absolute atomic E-state index is 5.70. The van der Waals surface area contributed by atoms with E-state index in [1.165, 1.54) is 35.3 Å². The molecule has 1 nitrogen and oxygen atoms in total. The Labute approximate surface area is 85.1 Å². The molecule has 2 aliphatic rings. The summed E-state index contributed by atoms with van der Waals surface area (Å²) in [6.45, 7) is 5.30. The molecule has 3 rings (SSSR count). The van der Waals surface area contributed by atoms with Crippen molar-refractivity contribution in [1.29, 1.82) is 0 Å². The minimum absolute atomic E-state index is 0.853. The average molecular weight is 188 g/mol. The summed E-state index contributed by atoms with van der Waals surface area (Å²) in [4.78, 5) is 0. The van der Waals surface area contributed by atoms with Gasteiger partial charge in [0.25, 0.3) is 0 Å². The first-order valence-corrected chi connectivity index (χ1v) is 5.53. The summed E-state index contributed by atoms with van der Waals surface area (Å²) in [7, 11) is 0. The summed E-state index contributed by atoms with van der Waals surface area (Å²) in [6.07, 6.45) is 3.90. The van der Waals surface area contributed by atoms with E-state index in [1.54, 1.807) is 5.56 Å². The molecule has 0 saturated heterocycles. The monoisotopic (exact) mass is 188 g/mol. The van der Waals surface area contributed by atoms with Gasteiger partial charge in [-0.15, -0.1) is 0 Å². The van der Waals surface area contributed by atoms with Crippen LogP contribution in [-0.2, 0) is 6.42 Å². The van der Waals surface area contributed by atoms with E-state index in [0.717, 1.165) is 18.9 Å². The van der Waals surface area contributed by atoms with Crippen LogP contribution >= 0.6 is 0 Å². The second kappa shape index (κ2) is 2.75. The number of rotatable bonds is 1. The van der Waals surface area contributed by atoms with E-state index in [-0.39, 0.29) is 0 Å². The van der Waals surface area contributed by atoms with Gasteiger partial charge in [0, 0.05) is 12.0 Å². The van der Waals surface area contributed by atoms with Crippen molar-refractivity contribution >= 4 is 0 Å². The SMILES string of the molecule is Cc1cc(C)c(C2CC2)c2c1OCC2. The summed E-state index contributed by atoms with van der Waals surface area (Å²) in [6, 6.07) is 2.29. The summed E-state index contributed by atoms with van der Waals surface area (Å²) in [5.41, 5.74) is 5.93. The topological polar surface area (TPSA) is 9.23 Å². The minimum Gasteiger partial charge on any atom is -0.493 e. The van der Waals surface area contributed by atoms with E-state index in [0.29, 0.717) is 0 Å². The molecule has 0 atom stereocenters. The van der Waals surface area contributed by atoms with Crippen LogP contribution < -0.4 is 4.74 Å². The highest BCUT2D eigenvalue weighted by atomic mass is 16.5. The number of ether oxygens (including phenoxy) is 1. The summed E-state index contributed by atoms with van der Waals surface area (Å²) >= 11 is 0. The lowest BCUT2D eigenvalue weighted by molar-refractivity contribution is 0.354. The van der Waals surface area contributed by atoms with Gasteiger partial charge in [0.05, 0.1) is 6.61 Å². The molecule has 0 spiro atoms. The predicted molar refractivity (Wildman–Crippen MR) is 57.1 cm³/mol. The largest absolute Gasteiger partial charge is 0.493 e. The highest BCUT2D eigenvalue weighted by Gasteiger charge is 2.31. The zero-order valence-electron chi connectivity index (χ0n) is 8.89. The van der Waals surface area contributed by atoms with Gasteiger partial charge in [-0.1, -0.05) is 6.07 Å². The zero-order valence-corrected chi connectivity index (χ0v) is 8.89. The van der Waals surface area contributed by atoms with Gasteiger partial charge in [0.1, 0.15) is 5.75 Å². The van der Waals surface area contributed by atoms with Crippen molar-refractivity contribution in [1.82, 2.24) is 0 Å². The van der Waals surface area contributed by atoms with Crippen molar-refractivity contribution in [3.63, 3.8) is 0 Å². The highest BCUT2D eigenvalue weighted by molar-refractivity contribution is 5.54. The molecular formula is C13H16O. The van der Waals surface area contributed by atoms with Gasteiger partial charge in [-0.2, -0.15) is 0 Å². The van der Waals surface area contributed by atoms with Crippen molar-refractivity contribution in [2.75, 3.05) is 6.61 Å². The first kappa shape index (κ1) is 8.34. The maximum Gasteiger partial charge on any atom is 0.125 e. The lowest BCUT2D eigenvalue weighted by atomic mass is 9.94. The van der Waals surface area contributed by atoms with Crippen LogP contribution in [0.15, 0.2) is 6.07 Å². The fourth-order valence-electron chi connectivity index (χ4n) is 2.71. The number of aryl methyl sites for hydroxylation is 2. The van der Waals surface area contributed by atoms with Gasteiger partial charge >= 0.3 is 0 Å². The van der Waals surface area contributed by atoms with Crippen LogP contribution in [0, 0.1) is 13.8 Å². The Balaban J connectivity index is 2.22. The van der Waals surface area contributed by atoms with Crippen molar-refractivity contribution in [3.05, 3.63) is 28.3 Å². The standard InChI is InChI=1S/C13H16O/c1-8-7-9(2)13-11(5-6-14-13)12(8)10-3-4-10/h7,10H,3-6H2,1-2H3. The number of benzene rings is 1. The van der Waals surface area contributed by atoms with E-state index >= 15 is 0 Å². The van der Waals surface area contributed by atoms with E-state index in [1.807, 2.05) is 0 Å². The molecule has 1 aromatic rings. The summed E-state index contributed by atoms with van der Waals surface area (Å²) < 4.78 is 5.70. The van der Waals surface area contributed by atoms with E-state index in [2.05, 4.69) is 19.9 Å². The Morgan fingerprint density at radius 3 is 2.71 bits per heavy atom. The van der Waals surface area contributed by atoms with Crippen LogP contribution in [0.3, 0.4) is 0 Å². The third kappa shape index (κ3) is 1.08. The van der Waals surface area contributed by atoms with Gasteiger partial charge in [0.15, 0.2) is 0 Å². The molecule has 74 valence electrons. The molecule has 0 bridgehead atoms. The third-order valence-electron chi connectivity index (χ3n) is 3.40. The zero-order chi connectivity index (χ0) is 9.71. The molecule has 0 N–H and O–H groups in total. The average Bonchev–Trinajstić information content (AvgIpc) is 2.81. The van der Waals surface area contributed by atoms with Crippen molar-refractivity contribution in [2.45, 2.75) is 39.0 Å². The van der Waals surface area contributed by atoms with Crippen LogP contribution in [0.25, 0.3) is 0 Å². The molecule has 14 heavy (non-hydrogen) atoms. The second-order valence-corrected chi connectivity index (χ2v) is 4.60. The molecule has 0 amide bonds. The second-order valence-electron chi connectivity index (χ2n) is 4.60. The van der Waals surface area contributed by atoms with E-state index < -0.39 is 0 Å². The smallest absolute Gasteiger partial charge is 0.125 e. The maximum atomic E-state index is 5.70. The van der Waals surface area contributed by atoms with Crippen LogP contribution in [0.1, 0.15) is 41.0 Å². The van der Waals surface area contributed by atoms with Crippen LogP contribution in [-0.4, -0.2) is 6.61 Å². The summed E-state index contributed by atoms with van der Waals surface area (Å²) in [5, 5.41) is 0. The lowest BCUT2D eigenvalue weighted by Crippen LogP contribution is -1.94. The number of fused-ring (bicyclic) bond motifs is 1. The molecule has 0 aromatic heterocycles. The van der Waals surface area contributed by atoms with Crippen LogP contribution in [0.5, 0.6) is 5.75 Å². The van der Waals surface area contributed by atoms with Gasteiger partial charge in [-0.25, -0.2) is 0 Å². The van der Waals surface area contributed by atoms with Gasteiger partial charge in [-0.3, -0.25) is 0 Å². The molecule has 1 aromatic carbocycles. The van der Waals surface area contributed by atoms with Crippen molar-refractivity contribution in [2.24, 2.45) is 0 Å². The lowest BCUT2D eigenvalue weighted by Gasteiger charge is -2.12. The molecule has 0 radical (unpaired) electrons. The van der Waals surface area contributed by atoms with Crippen LogP contribution in [0.4, 0.5) is 0 Å². The third-order valence-corrected chi connectivity index (χ3v) is 3.40. The van der Waals surface area contributed by atoms with Gasteiger partial charge in [-0.05, 0) is 49.3 Å². The molecule has 1 aliphatic heterocycles. The molecule has 0 unspecified atom stereocenters. The summed E-state index contributed by atoms with van der Waals surface area (Å²) in [5.74, 6) is 2.04. The first-order valence-electron chi connectivity index (χ1n) is 5.53. The number of hydrogen-bond donors (Lipinski definition) is 0.